The number of fused-ring (bicyclic) bond motifs is 1. The number of imidazole rings is 1. The van der Waals surface area contributed by atoms with Gasteiger partial charge in [0, 0.05) is 18.5 Å². The highest BCUT2D eigenvalue weighted by Crippen LogP contribution is 2.44. The molecule has 0 aliphatic carbocycles. The monoisotopic (exact) mass is 490 g/mol. The lowest BCUT2D eigenvalue weighted by Crippen LogP contribution is -2.30. The van der Waals surface area contributed by atoms with Crippen LogP contribution in [0.3, 0.4) is 0 Å². The van der Waals surface area contributed by atoms with Crippen LogP contribution >= 0.6 is 11.6 Å². The molecule has 1 amide bonds. The molecule has 1 atom stereocenters. The van der Waals surface area contributed by atoms with Gasteiger partial charge < -0.3 is 19.6 Å². The lowest BCUT2D eigenvalue weighted by atomic mass is 9.95. The van der Waals surface area contributed by atoms with Gasteiger partial charge in [0.15, 0.2) is 0 Å². The lowest BCUT2D eigenvalue weighted by molar-refractivity contribution is -0.132. The van der Waals surface area contributed by atoms with E-state index in [1.807, 2.05) is 18.2 Å². The Kier molecular flexibility index (Phi) is 5.62. The van der Waals surface area contributed by atoms with Gasteiger partial charge in [-0.25, -0.2) is 4.98 Å². The first-order valence-corrected chi connectivity index (χ1v) is 10.9. The Morgan fingerprint density at radius 2 is 1.77 bits per heavy atom. The van der Waals surface area contributed by atoms with Crippen LogP contribution in [0.4, 0.5) is 5.95 Å². The number of para-hydroxylation sites is 2. The van der Waals surface area contributed by atoms with Gasteiger partial charge in [-0.2, -0.15) is 0 Å². The first-order valence-electron chi connectivity index (χ1n) is 10.5. The van der Waals surface area contributed by atoms with Crippen LogP contribution in [0.5, 0.6) is 11.5 Å². The molecule has 0 spiro atoms. The van der Waals surface area contributed by atoms with E-state index in [-0.39, 0.29) is 27.9 Å². The van der Waals surface area contributed by atoms with Gasteiger partial charge in [0.05, 0.1) is 47.5 Å². The normalized spacial score (nSPS) is 17.2. The van der Waals surface area contributed by atoms with E-state index in [1.54, 1.807) is 30.6 Å². The van der Waals surface area contributed by atoms with E-state index < -0.39 is 23.5 Å². The zero-order valence-corrected chi connectivity index (χ0v) is 19.4. The zero-order chi connectivity index (χ0) is 24.7. The van der Waals surface area contributed by atoms with E-state index >= 15 is 0 Å². The predicted molar refractivity (Wildman–Crippen MR) is 130 cm³/mol. The molecule has 2 aromatic heterocycles. The molecule has 0 saturated carbocycles. The number of nitrogens with zero attached hydrogens (tertiary/aromatic N) is 3. The summed E-state index contributed by atoms with van der Waals surface area (Å²) in [5.41, 5.74) is 1.88. The number of benzene rings is 2. The summed E-state index contributed by atoms with van der Waals surface area (Å²) in [4.78, 5) is 39.5. The molecule has 2 N–H and O–H groups in total. The molecule has 0 bridgehead atoms. The van der Waals surface area contributed by atoms with Crippen molar-refractivity contribution in [2.75, 3.05) is 19.1 Å². The van der Waals surface area contributed by atoms with E-state index in [9.17, 15) is 14.7 Å². The van der Waals surface area contributed by atoms with Crippen molar-refractivity contribution in [1.82, 2.24) is 15.0 Å². The Bertz CT molecular complexity index is 1470. The molecule has 35 heavy (non-hydrogen) atoms. The third-order valence-electron chi connectivity index (χ3n) is 5.80. The number of aliphatic hydroxyl groups is 1. The number of amides is 1. The van der Waals surface area contributed by atoms with Gasteiger partial charge in [-0.1, -0.05) is 23.7 Å². The van der Waals surface area contributed by atoms with E-state index in [0.717, 1.165) is 0 Å². The maximum atomic E-state index is 13.3. The number of ether oxygens (including phenoxy) is 2. The smallest absolute Gasteiger partial charge is 0.302 e. The minimum absolute atomic E-state index is 0.138. The number of carbonyl (C=O) groups is 2. The van der Waals surface area contributed by atoms with Crippen LogP contribution in [0.2, 0.25) is 5.02 Å². The Labute approximate surface area is 204 Å². The molecule has 1 fully saturated rings. The van der Waals surface area contributed by atoms with Crippen LogP contribution in [-0.2, 0) is 9.59 Å². The highest BCUT2D eigenvalue weighted by atomic mass is 35.5. The molecule has 2 aromatic carbocycles. The molecule has 10 heteroatoms. The summed E-state index contributed by atoms with van der Waals surface area (Å²) in [6.45, 7) is 0. The number of hydrogen-bond donors (Lipinski definition) is 2. The summed E-state index contributed by atoms with van der Waals surface area (Å²) in [5, 5.41) is 11.6. The highest BCUT2D eigenvalue weighted by molar-refractivity contribution is 6.51. The van der Waals surface area contributed by atoms with Crippen molar-refractivity contribution in [2.45, 2.75) is 6.04 Å². The minimum Gasteiger partial charge on any atom is -0.507 e. The molecule has 1 unspecified atom stereocenters. The minimum atomic E-state index is -0.982. The summed E-state index contributed by atoms with van der Waals surface area (Å²) in [6, 6.07) is 12.5. The van der Waals surface area contributed by atoms with Crippen molar-refractivity contribution < 1.29 is 24.2 Å². The van der Waals surface area contributed by atoms with Gasteiger partial charge in [0.1, 0.15) is 17.3 Å². The molecular formula is C25H19ClN4O5. The fourth-order valence-corrected chi connectivity index (χ4v) is 4.40. The predicted octanol–water partition coefficient (Wildman–Crippen LogP) is 4.25. The number of Topliss-reactive ketones (excluding diaryl/α,β-unsaturated/α-hetero) is 1. The van der Waals surface area contributed by atoms with Crippen molar-refractivity contribution >= 4 is 46.0 Å². The summed E-state index contributed by atoms with van der Waals surface area (Å²) in [5.74, 6) is -1.44. The number of ketones is 1. The highest BCUT2D eigenvalue weighted by Gasteiger charge is 2.48. The second-order valence-electron chi connectivity index (χ2n) is 7.71. The largest absolute Gasteiger partial charge is 0.507 e. The van der Waals surface area contributed by atoms with Crippen LogP contribution in [-0.4, -0.2) is 46.0 Å². The molecule has 176 valence electrons. The fourth-order valence-electron chi connectivity index (χ4n) is 4.16. The second-order valence-corrected chi connectivity index (χ2v) is 8.12. The number of H-pyrrole nitrogens is 1. The van der Waals surface area contributed by atoms with E-state index in [1.165, 1.54) is 31.3 Å². The topological polar surface area (TPSA) is 118 Å². The van der Waals surface area contributed by atoms with Crippen molar-refractivity contribution in [1.29, 1.82) is 0 Å². The fraction of sp³-hybridized carbons (Fsp3) is 0.120. The first-order chi connectivity index (χ1) is 16.9. The maximum absolute atomic E-state index is 13.3. The molecule has 4 aromatic rings. The number of carbonyl (C=O) groups excluding carboxylic acids is 2. The van der Waals surface area contributed by atoms with Crippen molar-refractivity contribution in [3.05, 3.63) is 82.6 Å². The summed E-state index contributed by atoms with van der Waals surface area (Å²) < 4.78 is 10.6. The molecule has 0 radical (unpaired) electrons. The van der Waals surface area contributed by atoms with Crippen molar-refractivity contribution in [3.63, 3.8) is 0 Å². The molecule has 1 aliphatic rings. The average Bonchev–Trinajstić information content (AvgIpc) is 3.42. The van der Waals surface area contributed by atoms with E-state index in [0.29, 0.717) is 22.3 Å². The molecule has 5 rings (SSSR count). The number of aromatic amines is 1. The van der Waals surface area contributed by atoms with Crippen LogP contribution in [0.15, 0.2) is 66.5 Å². The van der Waals surface area contributed by atoms with Gasteiger partial charge >= 0.3 is 5.91 Å². The van der Waals surface area contributed by atoms with Gasteiger partial charge in [-0.15, -0.1) is 0 Å². The number of aliphatic hydroxyl groups excluding tert-OH is 1. The van der Waals surface area contributed by atoms with Crippen molar-refractivity contribution in [2.24, 2.45) is 0 Å². The van der Waals surface area contributed by atoms with Crippen LogP contribution in [0.25, 0.3) is 16.8 Å². The quantitative estimate of drug-likeness (QED) is 0.244. The van der Waals surface area contributed by atoms with E-state index in [4.69, 9.17) is 21.1 Å². The standard InChI is InChI=1S/C25H19ClN4O5/c1-34-18-12-19(35-2)15(26)11-14(18)22(31)20-21(13-7-9-27-10-8-13)30(24(33)23(20)32)25-28-16-5-3-4-6-17(16)29-25/h3-12,21,31H,1-2H3,(H,28,29)/b22-20+. The zero-order valence-electron chi connectivity index (χ0n) is 18.7. The van der Waals surface area contributed by atoms with Crippen LogP contribution in [0.1, 0.15) is 17.2 Å². The number of aromatic nitrogens is 3. The third-order valence-corrected chi connectivity index (χ3v) is 6.10. The lowest BCUT2D eigenvalue weighted by Gasteiger charge is -2.23. The second kappa shape index (κ2) is 8.77. The molecule has 9 nitrogen and oxygen atoms in total. The SMILES string of the molecule is COc1cc(OC)c(/C(O)=C2\C(=O)C(=O)N(c3nc4ccccc4[nH]3)C2c2ccncc2)cc1Cl. The average molecular weight is 491 g/mol. The maximum Gasteiger partial charge on any atom is 0.302 e. The van der Waals surface area contributed by atoms with Gasteiger partial charge in [-0.05, 0) is 35.9 Å². The molecule has 3 heterocycles. The first kappa shape index (κ1) is 22.4. The van der Waals surface area contributed by atoms with Gasteiger partial charge in [0.25, 0.3) is 5.78 Å². The number of pyridine rings is 1. The van der Waals surface area contributed by atoms with Gasteiger partial charge in [-0.3, -0.25) is 19.5 Å². The van der Waals surface area contributed by atoms with Gasteiger partial charge in [0.2, 0.25) is 5.95 Å². The van der Waals surface area contributed by atoms with E-state index in [2.05, 4.69) is 15.0 Å². The number of hydrogen-bond acceptors (Lipinski definition) is 7. The summed E-state index contributed by atoms with van der Waals surface area (Å²) >= 11 is 6.30. The van der Waals surface area contributed by atoms with Crippen molar-refractivity contribution in [3.8, 4) is 11.5 Å². The Morgan fingerprint density at radius 1 is 1.06 bits per heavy atom. The number of nitrogens with one attached hydrogen (secondary N) is 1. The Morgan fingerprint density at radius 3 is 2.46 bits per heavy atom. The number of methoxy groups -OCH3 is 2. The number of anilines is 1. The molecule has 1 aliphatic heterocycles. The molecular weight excluding hydrogens is 472 g/mol. The number of halogens is 1. The third kappa shape index (κ3) is 3.66. The number of rotatable bonds is 5. The Balaban J connectivity index is 1.75. The van der Waals surface area contributed by atoms with Crippen LogP contribution < -0.4 is 14.4 Å². The summed E-state index contributed by atoms with van der Waals surface area (Å²) in [7, 11) is 2.86. The summed E-state index contributed by atoms with van der Waals surface area (Å²) in [6.07, 6.45) is 3.08. The molecule has 1 saturated heterocycles. The van der Waals surface area contributed by atoms with Crippen LogP contribution in [0, 0.1) is 0 Å². The Hall–Kier alpha value is -4.37.